The molecule has 0 radical (unpaired) electrons. The Labute approximate surface area is 121 Å². The molecule has 4 nitrogen and oxygen atoms in total. The SMILES string of the molecule is CC1CCN(S(=O)(=O)Cc2ccccc2C#N)C(C)C1. The fraction of sp³-hybridized carbons (Fsp3) is 0.533. The number of rotatable bonds is 3. The normalized spacial score (nSPS) is 24.2. The second kappa shape index (κ2) is 5.94. The van der Waals surface area contributed by atoms with Crippen molar-refractivity contribution in [2.75, 3.05) is 6.54 Å². The minimum Gasteiger partial charge on any atom is -0.212 e. The van der Waals surface area contributed by atoms with Crippen LogP contribution < -0.4 is 0 Å². The predicted octanol–water partition coefficient (Wildman–Crippen LogP) is 2.51. The van der Waals surface area contributed by atoms with Gasteiger partial charge in [0.05, 0.1) is 17.4 Å². The van der Waals surface area contributed by atoms with Crippen molar-refractivity contribution in [2.45, 2.75) is 38.5 Å². The number of hydrogen-bond donors (Lipinski definition) is 0. The first-order valence-electron chi connectivity index (χ1n) is 6.91. The van der Waals surface area contributed by atoms with Crippen LogP contribution >= 0.6 is 0 Å². The maximum atomic E-state index is 12.6. The minimum atomic E-state index is -3.36. The lowest BCUT2D eigenvalue weighted by molar-refractivity contribution is 0.220. The van der Waals surface area contributed by atoms with Gasteiger partial charge in [-0.05, 0) is 37.3 Å². The maximum Gasteiger partial charge on any atom is 0.218 e. The fourth-order valence-corrected chi connectivity index (χ4v) is 4.66. The summed E-state index contributed by atoms with van der Waals surface area (Å²) < 4.78 is 26.7. The van der Waals surface area contributed by atoms with Gasteiger partial charge in [-0.25, -0.2) is 8.42 Å². The van der Waals surface area contributed by atoms with E-state index < -0.39 is 10.0 Å². The zero-order chi connectivity index (χ0) is 14.8. The molecular weight excluding hydrogens is 272 g/mol. The largest absolute Gasteiger partial charge is 0.218 e. The Morgan fingerprint density at radius 3 is 2.70 bits per heavy atom. The molecule has 1 aromatic carbocycles. The average Bonchev–Trinajstić information content (AvgIpc) is 2.38. The van der Waals surface area contributed by atoms with Gasteiger partial charge in [-0.15, -0.1) is 0 Å². The molecule has 0 saturated carbocycles. The van der Waals surface area contributed by atoms with Crippen LogP contribution in [0, 0.1) is 17.2 Å². The topological polar surface area (TPSA) is 61.2 Å². The lowest BCUT2D eigenvalue weighted by atomic mass is 9.95. The van der Waals surface area contributed by atoms with E-state index in [9.17, 15) is 8.42 Å². The van der Waals surface area contributed by atoms with Gasteiger partial charge in [0.2, 0.25) is 10.0 Å². The Hall–Kier alpha value is -1.38. The van der Waals surface area contributed by atoms with Crippen molar-refractivity contribution in [3.05, 3.63) is 35.4 Å². The van der Waals surface area contributed by atoms with E-state index in [4.69, 9.17) is 5.26 Å². The zero-order valence-electron chi connectivity index (χ0n) is 11.9. The summed E-state index contributed by atoms with van der Waals surface area (Å²) in [7, 11) is -3.36. The maximum absolute atomic E-state index is 12.6. The Morgan fingerprint density at radius 1 is 1.35 bits per heavy atom. The van der Waals surface area contributed by atoms with Crippen molar-refractivity contribution in [3.8, 4) is 6.07 Å². The van der Waals surface area contributed by atoms with Crippen molar-refractivity contribution in [3.63, 3.8) is 0 Å². The fourth-order valence-electron chi connectivity index (χ4n) is 2.83. The third kappa shape index (κ3) is 3.20. The molecule has 1 aliphatic heterocycles. The molecular formula is C15H20N2O2S. The highest BCUT2D eigenvalue weighted by molar-refractivity contribution is 7.88. The number of sulfonamides is 1. The highest BCUT2D eigenvalue weighted by atomic mass is 32.2. The van der Waals surface area contributed by atoms with E-state index in [1.165, 1.54) is 0 Å². The van der Waals surface area contributed by atoms with Gasteiger partial charge in [0.15, 0.2) is 0 Å². The number of benzene rings is 1. The monoisotopic (exact) mass is 292 g/mol. The Morgan fingerprint density at radius 2 is 2.05 bits per heavy atom. The van der Waals surface area contributed by atoms with Gasteiger partial charge in [-0.1, -0.05) is 25.1 Å². The van der Waals surface area contributed by atoms with Crippen molar-refractivity contribution >= 4 is 10.0 Å². The molecule has 2 rings (SSSR count). The molecule has 2 unspecified atom stereocenters. The number of nitriles is 1. The van der Waals surface area contributed by atoms with Crippen LogP contribution in [0.4, 0.5) is 0 Å². The van der Waals surface area contributed by atoms with E-state index in [2.05, 4.69) is 13.0 Å². The van der Waals surface area contributed by atoms with Gasteiger partial charge in [0.25, 0.3) is 0 Å². The van der Waals surface area contributed by atoms with Crippen LogP contribution in [-0.4, -0.2) is 25.3 Å². The molecule has 1 aromatic rings. The van der Waals surface area contributed by atoms with Gasteiger partial charge >= 0.3 is 0 Å². The standard InChI is InChI=1S/C15H20N2O2S/c1-12-7-8-17(13(2)9-12)20(18,19)11-15-6-4-3-5-14(15)10-16/h3-6,12-13H,7-9,11H2,1-2H3. The number of hydrogen-bond acceptors (Lipinski definition) is 3. The van der Waals surface area contributed by atoms with Crippen molar-refractivity contribution < 1.29 is 8.42 Å². The quantitative estimate of drug-likeness (QED) is 0.860. The van der Waals surface area contributed by atoms with Gasteiger partial charge in [-0.3, -0.25) is 0 Å². The van der Waals surface area contributed by atoms with Crippen LogP contribution in [0.15, 0.2) is 24.3 Å². The molecule has 0 bridgehead atoms. The molecule has 1 aliphatic rings. The van der Waals surface area contributed by atoms with E-state index in [-0.39, 0.29) is 11.8 Å². The van der Waals surface area contributed by atoms with E-state index >= 15 is 0 Å². The highest BCUT2D eigenvalue weighted by Crippen LogP contribution is 2.26. The van der Waals surface area contributed by atoms with E-state index in [0.29, 0.717) is 23.6 Å². The van der Waals surface area contributed by atoms with Gasteiger partial charge in [-0.2, -0.15) is 9.57 Å². The summed E-state index contributed by atoms with van der Waals surface area (Å²) in [5.41, 5.74) is 1.02. The second-order valence-corrected chi connectivity index (χ2v) is 7.54. The number of nitrogens with zero attached hydrogens (tertiary/aromatic N) is 2. The minimum absolute atomic E-state index is 0.0398. The molecule has 20 heavy (non-hydrogen) atoms. The van der Waals surface area contributed by atoms with Crippen LogP contribution in [0.25, 0.3) is 0 Å². The Bertz CT molecular complexity index is 619. The molecule has 0 amide bonds. The smallest absolute Gasteiger partial charge is 0.212 e. The first-order valence-corrected chi connectivity index (χ1v) is 8.52. The average molecular weight is 292 g/mol. The lowest BCUT2D eigenvalue weighted by Gasteiger charge is -2.35. The molecule has 1 fully saturated rings. The third-order valence-electron chi connectivity index (χ3n) is 3.91. The van der Waals surface area contributed by atoms with Gasteiger partial charge in [0.1, 0.15) is 0 Å². The Kier molecular flexibility index (Phi) is 4.46. The molecule has 0 spiro atoms. The zero-order valence-corrected chi connectivity index (χ0v) is 12.7. The summed E-state index contributed by atoms with van der Waals surface area (Å²) in [5, 5.41) is 9.05. The van der Waals surface area contributed by atoms with Crippen molar-refractivity contribution in [1.82, 2.24) is 4.31 Å². The molecule has 0 N–H and O–H groups in total. The first kappa shape index (κ1) is 15.0. The third-order valence-corrected chi connectivity index (χ3v) is 5.84. The summed E-state index contributed by atoms with van der Waals surface area (Å²) in [4.78, 5) is 0. The molecule has 1 heterocycles. The van der Waals surface area contributed by atoms with Gasteiger partial charge < -0.3 is 0 Å². The summed E-state index contributed by atoms with van der Waals surface area (Å²) in [6.45, 7) is 4.70. The summed E-state index contributed by atoms with van der Waals surface area (Å²) in [5.74, 6) is 0.484. The van der Waals surface area contributed by atoms with Crippen LogP contribution in [0.3, 0.4) is 0 Å². The first-order chi connectivity index (χ1) is 9.44. The van der Waals surface area contributed by atoms with Crippen LogP contribution in [0.5, 0.6) is 0 Å². The highest BCUT2D eigenvalue weighted by Gasteiger charge is 2.32. The lowest BCUT2D eigenvalue weighted by Crippen LogP contribution is -2.44. The predicted molar refractivity (Wildman–Crippen MR) is 78.3 cm³/mol. The molecule has 0 aromatic heterocycles. The van der Waals surface area contributed by atoms with Crippen molar-refractivity contribution in [2.24, 2.45) is 5.92 Å². The van der Waals surface area contributed by atoms with Crippen LogP contribution in [0.2, 0.25) is 0 Å². The van der Waals surface area contributed by atoms with E-state index in [1.54, 1.807) is 28.6 Å². The number of piperidine rings is 1. The van der Waals surface area contributed by atoms with Crippen molar-refractivity contribution in [1.29, 1.82) is 5.26 Å². The van der Waals surface area contributed by atoms with E-state index in [1.807, 2.05) is 6.92 Å². The van der Waals surface area contributed by atoms with Crippen LogP contribution in [-0.2, 0) is 15.8 Å². The van der Waals surface area contributed by atoms with Gasteiger partial charge in [0, 0.05) is 12.6 Å². The molecule has 0 aliphatic carbocycles. The van der Waals surface area contributed by atoms with Crippen LogP contribution in [0.1, 0.15) is 37.8 Å². The molecule has 5 heteroatoms. The summed E-state index contributed by atoms with van der Waals surface area (Å²) in [6.07, 6.45) is 1.81. The summed E-state index contributed by atoms with van der Waals surface area (Å²) >= 11 is 0. The molecule has 108 valence electrons. The summed E-state index contributed by atoms with van der Waals surface area (Å²) in [6, 6.07) is 8.99. The Balaban J connectivity index is 2.21. The molecule has 1 saturated heterocycles. The van der Waals surface area contributed by atoms with E-state index in [0.717, 1.165) is 12.8 Å². The second-order valence-electron chi connectivity index (χ2n) is 5.61. The molecule has 2 atom stereocenters.